The summed E-state index contributed by atoms with van der Waals surface area (Å²) in [7, 11) is 0. The molecule has 1 N–H and O–H groups in total. The van der Waals surface area contributed by atoms with Gasteiger partial charge >= 0.3 is 0 Å². The second-order valence-electron chi connectivity index (χ2n) is 6.94. The summed E-state index contributed by atoms with van der Waals surface area (Å²) < 4.78 is 0. The molecule has 1 amide bonds. The van der Waals surface area contributed by atoms with Crippen LogP contribution >= 0.6 is 0 Å². The minimum Gasteiger partial charge on any atom is -0.351 e. The van der Waals surface area contributed by atoms with Gasteiger partial charge in [0, 0.05) is 36.6 Å². The van der Waals surface area contributed by atoms with E-state index in [9.17, 15) is 4.79 Å². The Bertz CT molecular complexity index is 694. The monoisotopic (exact) mass is 337 g/mol. The number of hydrogen-bond acceptors (Lipinski definition) is 3. The van der Waals surface area contributed by atoms with E-state index in [-0.39, 0.29) is 5.91 Å². The van der Waals surface area contributed by atoms with Crippen molar-refractivity contribution in [3.8, 4) is 0 Å². The second-order valence-corrected chi connectivity index (χ2v) is 6.94. The first-order chi connectivity index (χ1) is 12.1. The Labute approximate surface area is 150 Å². The van der Waals surface area contributed by atoms with Gasteiger partial charge in [-0.05, 0) is 56.8 Å². The van der Waals surface area contributed by atoms with Gasteiger partial charge in [0.25, 0.3) is 5.91 Å². The van der Waals surface area contributed by atoms with Gasteiger partial charge in [0.1, 0.15) is 0 Å². The Morgan fingerprint density at radius 1 is 1.20 bits per heavy atom. The van der Waals surface area contributed by atoms with Gasteiger partial charge < -0.3 is 10.2 Å². The first kappa shape index (κ1) is 17.6. The molecule has 1 fully saturated rings. The number of hydrogen-bond donors (Lipinski definition) is 1. The lowest BCUT2D eigenvalue weighted by molar-refractivity contribution is 0.0945. The lowest BCUT2D eigenvalue weighted by atomic mass is 9.91. The Kier molecular flexibility index (Phi) is 5.82. The summed E-state index contributed by atoms with van der Waals surface area (Å²) >= 11 is 0. The van der Waals surface area contributed by atoms with Crippen molar-refractivity contribution in [3.63, 3.8) is 0 Å². The minimum atomic E-state index is -0.00906. The van der Waals surface area contributed by atoms with Crippen LogP contribution in [0.25, 0.3) is 0 Å². The Balaban J connectivity index is 1.49. The summed E-state index contributed by atoms with van der Waals surface area (Å²) in [6.45, 7) is 7.61. The molecule has 1 aromatic heterocycles. The highest BCUT2D eigenvalue weighted by Gasteiger charge is 2.20. The van der Waals surface area contributed by atoms with Crippen LogP contribution in [0.2, 0.25) is 0 Å². The number of piperidine rings is 1. The van der Waals surface area contributed by atoms with Crippen LogP contribution in [-0.2, 0) is 0 Å². The van der Waals surface area contributed by atoms with E-state index in [1.165, 1.54) is 18.4 Å². The molecule has 0 spiro atoms. The van der Waals surface area contributed by atoms with Gasteiger partial charge in [-0.2, -0.15) is 0 Å². The van der Waals surface area contributed by atoms with Gasteiger partial charge in [-0.25, -0.2) is 0 Å². The largest absolute Gasteiger partial charge is 0.351 e. The van der Waals surface area contributed by atoms with E-state index >= 15 is 0 Å². The lowest BCUT2D eigenvalue weighted by Crippen LogP contribution is -2.40. The third-order valence-corrected chi connectivity index (χ3v) is 4.83. The average Bonchev–Trinajstić information content (AvgIpc) is 2.62. The topological polar surface area (TPSA) is 45.2 Å². The van der Waals surface area contributed by atoms with Gasteiger partial charge in [-0.15, -0.1) is 0 Å². The fraction of sp³-hybridized carbons (Fsp3) is 0.429. The molecule has 1 aliphatic heterocycles. The summed E-state index contributed by atoms with van der Waals surface area (Å²) in [5.74, 6) is 0.598. The zero-order valence-electron chi connectivity index (χ0n) is 15.2. The van der Waals surface area contributed by atoms with Crippen molar-refractivity contribution < 1.29 is 4.79 Å². The van der Waals surface area contributed by atoms with Gasteiger partial charge in [-0.3, -0.25) is 9.78 Å². The number of amides is 1. The van der Waals surface area contributed by atoms with E-state index in [1.807, 2.05) is 26.0 Å². The van der Waals surface area contributed by atoms with Crippen molar-refractivity contribution >= 4 is 5.91 Å². The van der Waals surface area contributed by atoms with Crippen molar-refractivity contribution in [1.29, 1.82) is 0 Å². The van der Waals surface area contributed by atoms with E-state index in [4.69, 9.17) is 0 Å². The Morgan fingerprint density at radius 3 is 2.64 bits per heavy atom. The summed E-state index contributed by atoms with van der Waals surface area (Å²) in [6, 6.07) is 14.4. The zero-order valence-corrected chi connectivity index (χ0v) is 15.2. The van der Waals surface area contributed by atoms with Crippen LogP contribution in [0.5, 0.6) is 0 Å². The number of rotatable bonds is 5. The first-order valence-corrected chi connectivity index (χ1v) is 9.12. The maximum atomic E-state index is 12.3. The van der Waals surface area contributed by atoms with E-state index < -0.39 is 0 Å². The number of aromatic nitrogens is 1. The number of carbonyl (C=O) groups is 1. The maximum Gasteiger partial charge on any atom is 0.251 e. The summed E-state index contributed by atoms with van der Waals surface area (Å²) in [5.41, 5.74) is 3.89. The number of nitrogens with zero attached hydrogens (tertiary/aromatic N) is 2. The van der Waals surface area contributed by atoms with E-state index in [0.717, 1.165) is 31.0 Å². The Morgan fingerprint density at radius 2 is 1.92 bits per heavy atom. The molecule has 1 saturated heterocycles. The molecule has 25 heavy (non-hydrogen) atoms. The third kappa shape index (κ3) is 4.89. The number of pyridine rings is 1. The van der Waals surface area contributed by atoms with Gasteiger partial charge in [0.15, 0.2) is 0 Å². The highest BCUT2D eigenvalue weighted by Crippen LogP contribution is 2.26. The van der Waals surface area contributed by atoms with Crippen molar-refractivity contribution in [1.82, 2.24) is 15.2 Å². The molecule has 0 unspecified atom stereocenters. The smallest absolute Gasteiger partial charge is 0.251 e. The van der Waals surface area contributed by atoms with Crippen LogP contribution in [0.3, 0.4) is 0 Å². The van der Waals surface area contributed by atoms with E-state index in [0.29, 0.717) is 18.0 Å². The first-order valence-electron chi connectivity index (χ1n) is 9.12. The molecular formula is C21H27N3O. The molecule has 0 aliphatic carbocycles. The van der Waals surface area contributed by atoms with Crippen LogP contribution in [0, 0.1) is 13.8 Å². The fourth-order valence-corrected chi connectivity index (χ4v) is 3.65. The van der Waals surface area contributed by atoms with Crippen LogP contribution in [0.4, 0.5) is 0 Å². The number of benzene rings is 1. The molecule has 1 atom stereocenters. The van der Waals surface area contributed by atoms with Gasteiger partial charge in [-0.1, -0.05) is 30.3 Å². The molecule has 0 bridgehead atoms. The molecule has 2 aromatic rings. The van der Waals surface area contributed by atoms with Gasteiger partial charge in [0.2, 0.25) is 0 Å². The predicted octanol–water partition coefficient (Wildman–Crippen LogP) is 3.31. The molecule has 1 aliphatic rings. The molecule has 1 aromatic carbocycles. The number of likely N-dealkylation sites (tertiary alicyclic amines) is 1. The van der Waals surface area contributed by atoms with Crippen molar-refractivity contribution in [2.75, 3.05) is 26.2 Å². The highest BCUT2D eigenvalue weighted by molar-refractivity contribution is 5.94. The SMILES string of the molecule is Cc1cc(C(=O)NCCN2CCC[C@H](c3ccccc3)C2)cc(C)n1. The van der Waals surface area contributed by atoms with Crippen molar-refractivity contribution in [3.05, 3.63) is 65.0 Å². The maximum absolute atomic E-state index is 12.3. The summed E-state index contributed by atoms with van der Waals surface area (Å²) in [4.78, 5) is 19.1. The van der Waals surface area contributed by atoms with Crippen molar-refractivity contribution in [2.24, 2.45) is 0 Å². The summed E-state index contributed by atoms with van der Waals surface area (Å²) in [5, 5.41) is 3.05. The lowest BCUT2D eigenvalue weighted by Gasteiger charge is -2.33. The normalized spacial score (nSPS) is 18.1. The van der Waals surface area contributed by atoms with Crippen molar-refractivity contribution in [2.45, 2.75) is 32.6 Å². The molecule has 4 heteroatoms. The fourth-order valence-electron chi connectivity index (χ4n) is 3.65. The average molecular weight is 337 g/mol. The van der Waals surface area contributed by atoms with Crippen LogP contribution in [-0.4, -0.2) is 42.0 Å². The molecular weight excluding hydrogens is 310 g/mol. The Hall–Kier alpha value is -2.20. The highest BCUT2D eigenvalue weighted by atomic mass is 16.1. The summed E-state index contributed by atoms with van der Waals surface area (Å²) in [6.07, 6.45) is 2.47. The van der Waals surface area contributed by atoms with E-state index in [1.54, 1.807) is 0 Å². The molecule has 0 radical (unpaired) electrons. The predicted molar refractivity (Wildman–Crippen MR) is 101 cm³/mol. The van der Waals surface area contributed by atoms with Crippen LogP contribution in [0.1, 0.15) is 46.1 Å². The minimum absolute atomic E-state index is 0.00906. The molecule has 4 nitrogen and oxygen atoms in total. The molecule has 132 valence electrons. The van der Waals surface area contributed by atoms with Crippen LogP contribution in [0.15, 0.2) is 42.5 Å². The quantitative estimate of drug-likeness (QED) is 0.910. The third-order valence-electron chi connectivity index (χ3n) is 4.83. The number of carbonyl (C=O) groups excluding carboxylic acids is 1. The molecule has 2 heterocycles. The standard InChI is InChI=1S/C21H27N3O/c1-16-13-20(14-17(2)23-16)21(25)22-10-12-24-11-6-9-19(15-24)18-7-4-3-5-8-18/h3-5,7-8,13-14,19H,6,9-12,15H2,1-2H3,(H,22,25)/t19-/m0/s1. The van der Waals surface area contributed by atoms with Gasteiger partial charge in [0.05, 0.1) is 0 Å². The van der Waals surface area contributed by atoms with E-state index in [2.05, 4.69) is 45.5 Å². The van der Waals surface area contributed by atoms with Crippen LogP contribution < -0.4 is 5.32 Å². The molecule has 3 rings (SSSR count). The second kappa shape index (κ2) is 8.26. The zero-order chi connectivity index (χ0) is 17.6. The number of nitrogens with one attached hydrogen (secondary N) is 1. The molecule has 0 saturated carbocycles. The number of aryl methyl sites for hydroxylation is 2.